The summed E-state index contributed by atoms with van der Waals surface area (Å²) in [5, 5.41) is 13.5. The molecule has 0 saturated carbocycles. The highest BCUT2D eigenvalue weighted by Gasteiger charge is 2.37. The predicted octanol–water partition coefficient (Wildman–Crippen LogP) is 3.99. The summed E-state index contributed by atoms with van der Waals surface area (Å²) in [7, 11) is 0. The van der Waals surface area contributed by atoms with Crippen molar-refractivity contribution in [1.29, 1.82) is 0 Å². The van der Waals surface area contributed by atoms with E-state index in [1.165, 1.54) is 5.56 Å². The molecule has 0 N–H and O–H groups in total. The van der Waals surface area contributed by atoms with Crippen LogP contribution in [0.25, 0.3) is 17.0 Å². The number of hydrogen-bond donors (Lipinski definition) is 0. The first-order valence-corrected chi connectivity index (χ1v) is 8.91. The van der Waals surface area contributed by atoms with Gasteiger partial charge in [0, 0.05) is 12.1 Å². The van der Waals surface area contributed by atoms with E-state index in [9.17, 15) is 0 Å². The first-order chi connectivity index (χ1) is 12.8. The second kappa shape index (κ2) is 5.95. The molecule has 5 heteroatoms. The van der Waals surface area contributed by atoms with Crippen LogP contribution in [-0.4, -0.2) is 26.4 Å². The van der Waals surface area contributed by atoms with Crippen molar-refractivity contribution in [3.63, 3.8) is 0 Å². The van der Waals surface area contributed by atoms with Crippen molar-refractivity contribution >= 4 is 11.5 Å². The number of anilines is 1. The fourth-order valence-corrected chi connectivity index (χ4v) is 3.79. The van der Waals surface area contributed by atoms with Crippen LogP contribution in [0.4, 0.5) is 5.82 Å². The molecule has 4 aromatic rings. The summed E-state index contributed by atoms with van der Waals surface area (Å²) in [6.45, 7) is 3.29. The lowest BCUT2D eigenvalue weighted by molar-refractivity contribution is 0.321. The van der Waals surface area contributed by atoms with Gasteiger partial charge in [0.1, 0.15) is 5.82 Å². The van der Waals surface area contributed by atoms with E-state index in [-0.39, 0.29) is 0 Å². The maximum absolute atomic E-state index is 4.86. The van der Waals surface area contributed by atoms with E-state index in [1.807, 2.05) is 47.0 Å². The molecule has 1 fully saturated rings. The maximum atomic E-state index is 4.86. The Balaban J connectivity index is 1.56. The van der Waals surface area contributed by atoms with E-state index in [1.54, 1.807) is 0 Å². The van der Waals surface area contributed by atoms with Crippen LogP contribution in [-0.2, 0) is 0 Å². The molecule has 5 rings (SSSR count). The minimum Gasteiger partial charge on any atom is -0.347 e. The summed E-state index contributed by atoms with van der Waals surface area (Å²) in [5.74, 6) is 2.33. The average molecular weight is 341 g/mol. The van der Waals surface area contributed by atoms with E-state index in [4.69, 9.17) is 5.10 Å². The van der Waals surface area contributed by atoms with Crippen LogP contribution in [0.1, 0.15) is 18.5 Å². The molecule has 2 unspecified atom stereocenters. The molecule has 1 aliphatic heterocycles. The average Bonchev–Trinajstić information content (AvgIpc) is 3.10. The van der Waals surface area contributed by atoms with Crippen molar-refractivity contribution in [3.8, 4) is 11.4 Å². The Hall–Kier alpha value is -3.21. The molecule has 26 heavy (non-hydrogen) atoms. The molecule has 2 aromatic carbocycles. The molecule has 1 saturated heterocycles. The van der Waals surface area contributed by atoms with Crippen molar-refractivity contribution < 1.29 is 0 Å². The first kappa shape index (κ1) is 15.1. The standard InChI is InChI=1S/C21H19N5/c1-15-14-25(20(15)16-8-4-2-5-9-16)19-13-12-18-22-23-21(26(18)24-19)17-10-6-3-7-11-17/h2-13,15,20H,14H2,1H3. The Labute approximate surface area is 151 Å². The Bertz CT molecular complexity index is 1040. The second-order valence-corrected chi connectivity index (χ2v) is 6.84. The van der Waals surface area contributed by atoms with Gasteiger partial charge in [0.05, 0.1) is 6.04 Å². The highest BCUT2D eigenvalue weighted by atomic mass is 15.4. The van der Waals surface area contributed by atoms with Gasteiger partial charge in [0.15, 0.2) is 11.5 Å². The zero-order valence-electron chi connectivity index (χ0n) is 14.5. The van der Waals surface area contributed by atoms with Crippen LogP contribution in [0, 0.1) is 5.92 Å². The Morgan fingerprint density at radius 2 is 1.58 bits per heavy atom. The van der Waals surface area contributed by atoms with Crippen molar-refractivity contribution in [2.45, 2.75) is 13.0 Å². The fourth-order valence-electron chi connectivity index (χ4n) is 3.79. The van der Waals surface area contributed by atoms with Gasteiger partial charge in [-0.05, 0) is 23.6 Å². The summed E-state index contributed by atoms with van der Waals surface area (Å²) >= 11 is 0. The Morgan fingerprint density at radius 1 is 0.846 bits per heavy atom. The summed E-state index contributed by atoms with van der Waals surface area (Å²) < 4.78 is 1.84. The molecule has 0 aliphatic carbocycles. The predicted molar refractivity (Wildman–Crippen MR) is 102 cm³/mol. The summed E-state index contributed by atoms with van der Waals surface area (Å²) in [6.07, 6.45) is 0. The van der Waals surface area contributed by atoms with Gasteiger partial charge in [-0.15, -0.1) is 15.3 Å². The largest absolute Gasteiger partial charge is 0.347 e. The molecular weight excluding hydrogens is 322 g/mol. The minimum absolute atomic E-state index is 0.359. The molecule has 2 atom stereocenters. The zero-order valence-corrected chi connectivity index (χ0v) is 14.5. The third-order valence-corrected chi connectivity index (χ3v) is 5.08. The Kier molecular flexibility index (Phi) is 3.45. The third-order valence-electron chi connectivity index (χ3n) is 5.08. The summed E-state index contributed by atoms with van der Waals surface area (Å²) in [6, 6.07) is 25.1. The van der Waals surface area contributed by atoms with E-state index in [2.05, 4.69) is 52.4 Å². The molecule has 128 valence electrons. The lowest BCUT2D eigenvalue weighted by Gasteiger charge is -2.47. The van der Waals surface area contributed by atoms with Crippen LogP contribution in [0.5, 0.6) is 0 Å². The number of nitrogens with zero attached hydrogens (tertiary/aromatic N) is 5. The van der Waals surface area contributed by atoms with Crippen molar-refractivity contribution in [1.82, 2.24) is 19.8 Å². The molecule has 5 nitrogen and oxygen atoms in total. The summed E-state index contributed by atoms with van der Waals surface area (Å²) in [4.78, 5) is 2.36. The second-order valence-electron chi connectivity index (χ2n) is 6.84. The third kappa shape index (κ3) is 2.36. The zero-order chi connectivity index (χ0) is 17.5. The van der Waals surface area contributed by atoms with Gasteiger partial charge in [-0.3, -0.25) is 0 Å². The monoisotopic (exact) mass is 341 g/mol. The van der Waals surface area contributed by atoms with Gasteiger partial charge in [-0.2, -0.15) is 4.52 Å². The number of hydrogen-bond acceptors (Lipinski definition) is 4. The molecule has 0 spiro atoms. The minimum atomic E-state index is 0.359. The molecule has 2 aromatic heterocycles. The number of aromatic nitrogens is 4. The van der Waals surface area contributed by atoms with Gasteiger partial charge >= 0.3 is 0 Å². The van der Waals surface area contributed by atoms with Crippen LogP contribution in [0.2, 0.25) is 0 Å². The number of fused-ring (bicyclic) bond motifs is 1. The molecule has 3 heterocycles. The van der Waals surface area contributed by atoms with Gasteiger partial charge in [-0.1, -0.05) is 67.6 Å². The number of rotatable bonds is 3. The van der Waals surface area contributed by atoms with Gasteiger partial charge in [0.2, 0.25) is 0 Å². The van der Waals surface area contributed by atoms with Crippen molar-refractivity contribution in [2.75, 3.05) is 11.4 Å². The van der Waals surface area contributed by atoms with Crippen molar-refractivity contribution in [3.05, 3.63) is 78.4 Å². The Morgan fingerprint density at radius 3 is 2.31 bits per heavy atom. The van der Waals surface area contributed by atoms with Crippen LogP contribution in [0.3, 0.4) is 0 Å². The normalized spacial score (nSPS) is 19.5. The van der Waals surface area contributed by atoms with Gasteiger partial charge in [0.25, 0.3) is 0 Å². The number of benzene rings is 2. The van der Waals surface area contributed by atoms with E-state index >= 15 is 0 Å². The van der Waals surface area contributed by atoms with E-state index in [0.29, 0.717) is 12.0 Å². The molecular formula is C21H19N5. The fraction of sp³-hybridized carbons (Fsp3) is 0.190. The molecule has 0 bridgehead atoms. The summed E-state index contributed by atoms with van der Waals surface area (Å²) in [5.41, 5.74) is 3.11. The molecule has 1 aliphatic rings. The highest BCUT2D eigenvalue weighted by Crippen LogP contribution is 2.41. The quantitative estimate of drug-likeness (QED) is 0.565. The molecule has 0 radical (unpaired) electrons. The first-order valence-electron chi connectivity index (χ1n) is 8.91. The highest BCUT2D eigenvalue weighted by molar-refractivity contribution is 5.60. The smallest absolute Gasteiger partial charge is 0.185 e. The van der Waals surface area contributed by atoms with Crippen LogP contribution < -0.4 is 4.90 Å². The van der Waals surface area contributed by atoms with E-state index in [0.717, 1.165) is 29.4 Å². The lowest BCUT2D eigenvalue weighted by atomic mass is 9.85. The van der Waals surface area contributed by atoms with Crippen molar-refractivity contribution in [2.24, 2.45) is 5.92 Å². The topological polar surface area (TPSA) is 46.3 Å². The molecule has 0 amide bonds. The van der Waals surface area contributed by atoms with Crippen LogP contribution in [0.15, 0.2) is 72.8 Å². The van der Waals surface area contributed by atoms with Gasteiger partial charge in [-0.25, -0.2) is 0 Å². The van der Waals surface area contributed by atoms with Crippen LogP contribution >= 0.6 is 0 Å². The van der Waals surface area contributed by atoms with E-state index < -0.39 is 0 Å². The maximum Gasteiger partial charge on any atom is 0.185 e. The lowest BCUT2D eigenvalue weighted by Crippen LogP contribution is -2.49. The SMILES string of the molecule is CC1CN(c2ccc3nnc(-c4ccccc4)n3n2)C1c1ccccc1. The van der Waals surface area contributed by atoms with Gasteiger partial charge < -0.3 is 4.90 Å².